The van der Waals surface area contributed by atoms with E-state index in [1.165, 1.54) is 11.1 Å². The summed E-state index contributed by atoms with van der Waals surface area (Å²) in [5.74, 6) is 1.05. The molecule has 0 fully saturated rings. The molecule has 0 spiro atoms. The Morgan fingerprint density at radius 2 is 1.63 bits per heavy atom. The number of hydrogen-bond donors (Lipinski definition) is 1. The van der Waals surface area contributed by atoms with Crippen LogP contribution in [0.15, 0.2) is 48.5 Å². The summed E-state index contributed by atoms with van der Waals surface area (Å²) in [5.41, 5.74) is 5.06. The van der Waals surface area contributed by atoms with Crippen LogP contribution in [0.5, 0.6) is 0 Å². The summed E-state index contributed by atoms with van der Waals surface area (Å²) in [4.78, 5) is 10.5. The van der Waals surface area contributed by atoms with Gasteiger partial charge in [0.25, 0.3) is 0 Å². The molecule has 4 rings (SSSR count). The van der Waals surface area contributed by atoms with E-state index in [1.807, 2.05) is 18.2 Å². The van der Waals surface area contributed by atoms with Gasteiger partial charge in [0.15, 0.2) is 0 Å². The van der Waals surface area contributed by atoms with Crippen LogP contribution >= 0.6 is 0 Å². The highest BCUT2D eigenvalue weighted by molar-refractivity contribution is 5.74. The highest BCUT2D eigenvalue weighted by atomic mass is 15.2. The number of H-pyrrole nitrogens is 1. The van der Waals surface area contributed by atoms with E-state index in [1.54, 1.807) is 0 Å². The maximum atomic E-state index is 4.64. The average Bonchev–Trinajstić information content (AvgIpc) is 3.00. The Hall–Kier alpha value is -2.13. The second-order valence-electron chi connectivity index (χ2n) is 5.11. The fraction of sp³-hybridized carbons (Fsp3) is 0.188. The molecule has 1 aromatic heterocycles. The molecule has 0 bridgehead atoms. The van der Waals surface area contributed by atoms with Gasteiger partial charge in [0.1, 0.15) is 5.82 Å². The first-order valence-corrected chi connectivity index (χ1v) is 6.61. The summed E-state index contributed by atoms with van der Waals surface area (Å²) in [7, 11) is 0. The highest BCUT2D eigenvalue weighted by Crippen LogP contribution is 2.23. The second-order valence-corrected chi connectivity index (χ2v) is 5.11. The Morgan fingerprint density at radius 3 is 2.37 bits per heavy atom. The van der Waals surface area contributed by atoms with Crippen molar-refractivity contribution in [3.05, 3.63) is 65.5 Å². The molecule has 94 valence electrons. The number of nitrogens with zero attached hydrogens (tertiary/aromatic N) is 2. The lowest BCUT2D eigenvalue weighted by atomic mass is 10.1. The Morgan fingerprint density at radius 1 is 0.947 bits per heavy atom. The average molecular weight is 249 g/mol. The van der Waals surface area contributed by atoms with Crippen molar-refractivity contribution in [3.8, 4) is 0 Å². The van der Waals surface area contributed by atoms with Gasteiger partial charge >= 0.3 is 0 Å². The number of aromatic amines is 1. The lowest BCUT2D eigenvalue weighted by Gasteiger charge is -2.12. The van der Waals surface area contributed by atoms with Gasteiger partial charge in [-0.05, 0) is 23.3 Å². The number of aromatic nitrogens is 2. The van der Waals surface area contributed by atoms with E-state index in [9.17, 15) is 0 Å². The molecule has 2 aromatic carbocycles. The molecule has 1 aliphatic heterocycles. The smallest absolute Gasteiger partial charge is 0.121 e. The molecule has 19 heavy (non-hydrogen) atoms. The minimum Gasteiger partial charge on any atom is -0.341 e. The van der Waals surface area contributed by atoms with E-state index in [0.717, 1.165) is 36.5 Å². The predicted molar refractivity (Wildman–Crippen MR) is 75.5 cm³/mol. The predicted octanol–water partition coefficient (Wildman–Crippen LogP) is 3.08. The fourth-order valence-electron chi connectivity index (χ4n) is 2.81. The van der Waals surface area contributed by atoms with E-state index < -0.39 is 0 Å². The van der Waals surface area contributed by atoms with Crippen LogP contribution in [0.25, 0.3) is 11.0 Å². The summed E-state index contributed by atoms with van der Waals surface area (Å²) < 4.78 is 0. The Balaban J connectivity index is 1.57. The van der Waals surface area contributed by atoms with Crippen molar-refractivity contribution in [3.63, 3.8) is 0 Å². The number of hydrogen-bond acceptors (Lipinski definition) is 2. The van der Waals surface area contributed by atoms with Gasteiger partial charge in [-0.3, -0.25) is 4.90 Å². The molecule has 0 saturated heterocycles. The third-order valence-electron chi connectivity index (χ3n) is 3.72. The van der Waals surface area contributed by atoms with Crippen molar-refractivity contribution in [2.75, 3.05) is 0 Å². The third kappa shape index (κ3) is 1.92. The quantitative estimate of drug-likeness (QED) is 0.757. The van der Waals surface area contributed by atoms with Crippen LogP contribution in [0.1, 0.15) is 17.0 Å². The van der Waals surface area contributed by atoms with Crippen LogP contribution in [0.2, 0.25) is 0 Å². The minimum atomic E-state index is 0.878. The number of para-hydroxylation sites is 2. The summed E-state index contributed by atoms with van der Waals surface area (Å²) in [6.07, 6.45) is 0. The van der Waals surface area contributed by atoms with Gasteiger partial charge in [-0.2, -0.15) is 0 Å². The van der Waals surface area contributed by atoms with Crippen LogP contribution in [0.3, 0.4) is 0 Å². The van der Waals surface area contributed by atoms with Gasteiger partial charge in [0.2, 0.25) is 0 Å². The molecule has 0 amide bonds. The first-order chi connectivity index (χ1) is 9.38. The zero-order valence-corrected chi connectivity index (χ0v) is 10.6. The van der Waals surface area contributed by atoms with Crippen molar-refractivity contribution in [1.82, 2.24) is 14.9 Å². The van der Waals surface area contributed by atoms with Gasteiger partial charge in [0.05, 0.1) is 17.6 Å². The zero-order chi connectivity index (χ0) is 12.7. The molecule has 0 unspecified atom stereocenters. The standard InChI is InChI=1S/C16H15N3/c1-2-6-13-10-19(9-12(13)5-1)11-16-17-14-7-3-4-8-15(14)18-16/h1-8H,9-11H2,(H,17,18). The number of nitrogens with one attached hydrogen (secondary N) is 1. The van der Waals surface area contributed by atoms with Crippen molar-refractivity contribution >= 4 is 11.0 Å². The Bertz CT molecular complexity index is 671. The monoisotopic (exact) mass is 249 g/mol. The number of fused-ring (bicyclic) bond motifs is 2. The molecule has 2 heterocycles. The van der Waals surface area contributed by atoms with Crippen molar-refractivity contribution in [1.29, 1.82) is 0 Å². The topological polar surface area (TPSA) is 31.9 Å². The van der Waals surface area contributed by atoms with Gasteiger partial charge in [-0.15, -0.1) is 0 Å². The van der Waals surface area contributed by atoms with Crippen LogP contribution in [0.4, 0.5) is 0 Å². The van der Waals surface area contributed by atoms with Gasteiger partial charge in [0, 0.05) is 13.1 Å². The molecule has 0 saturated carbocycles. The van der Waals surface area contributed by atoms with E-state index in [2.05, 4.69) is 45.2 Å². The lowest BCUT2D eigenvalue weighted by molar-refractivity contribution is 0.269. The van der Waals surface area contributed by atoms with Crippen molar-refractivity contribution in [2.24, 2.45) is 0 Å². The fourth-order valence-corrected chi connectivity index (χ4v) is 2.81. The molecule has 3 aromatic rings. The first-order valence-electron chi connectivity index (χ1n) is 6.61. The van der Waals surface area contributed by atoms with E-state index in [0.29, 0.717) is 0 Å². The van der Waals surface area contributed by atoms with Gasteiger partial charge in [-0.1, -0.05) is 36.4 Å². The SMILES string of the molecule is c1ccc2c(c1)CN(Cc1nc3ccccc3[nH]1)C2. The molecule has 0 atom stereocenters. The summed E-state index contributed by atoms with van der Waals surface area (Å²) in [5, 5.41) is 0. The van der Waals surface area contributed by atoms with Crippen LogP contribution < -0.4 is 0 Å². The third-order valence-corrected chi connectivity index (χ3v) is 3.72. The van der Waals surface area contributed by atoms with E-state index in [4.69, 9.17) is 0 Å². The molecule has 0 aliphatic carbocycles. The van der Waals surface area contributed by atoms with E-state index in [-0.39, 0.29) is 0 Å². The second kappa shape index (κ2) is 4.21. The molecular formula is C16H15N3. The van der Waals surface area contributed by atoms with Crippen molar-refractivity contribution in [2.45, 2.75) is 19.6 Å². The molecule has 3 nitrogen and oxygen atoms in total. The number of imidazole rings is 1. The number of rotatable bonds is 2. The highest BCUT2D eigenvalue weighted by Gasteiger charge is 2.19. The first kappa shape index (κ1) is 10.8. The Kier molecular flexibility index (Phi) is 2.38. The van der Waals surface area contributed by atoms with E-state index >= 15 is 0 Å². The maximum absolute atomic E-state index is 4.64. The largest absolute Gasteiger partial charge is 0.341 e. The van der Waals surface area contributed by atoms with Crippen LogP contribution in [-0.2, 0) is 19.6 Å². The zero-order valence-electron chi connectivity index (χ0n) is 10.6. The van der Waals surface area contributed by atoms with Crippen LogP contribution in [0, 0.1) is 0 Å². The lowest BCUT2D eigenvalue weighted by Crippen LogP contribution is -2.16. The Labute approximate surface area is 111 Å². The van der Waals surface area contributed by atoms with Gasteiger partial charge in [-0.25, -0.2) is 4.98 Å². The molecule has 3 heteroatoms. The summed E-state index contributed by atoms with van der Waals surface area (Å²) >= 11 is 0. The summed E-state index contributed by atoms with van der Waals surface area (Å²) in [6, 6.07) is 16.8. The molecule has 1 aliphatic rings. The maximum Gasteiger partial charge on any atom is 0.121 e. The molecule has 0 radical (unpaired) electrons. The molecule has 1 N–H and O–H groups in total. The minimum absolute atomic E-state index is 0.878. The summed E-state index contributed by atoms with van der Waals surface area (Å²) in [6.45, 7) is 2.92. The molecular weight excluding hydrogens is 234 g/mol. The van der Waals surface area contributed by atoms with Gasteiger partial charge < -0.3 is 4.98 Å². The normalized spacial score (nSPS) is 14.9. The van der Waals surface area contributed by atoms with Crippen LogP contribution in [-0.4, -0.2) is 14.9 Å². The van der Waals surface area contributed by atoms with Crippen molar-refractivity contribution < 1.29 is 0 Å². The number of benzene rings is 2.